The van der Waals surface area contributed by atoms with Crippen LogP contribution in [0.1, 0.15) is 212 Å². The number of aliphatic hydroxyl groups is 3. The Morgan fingerprint density at radius 1 is 0.530 bits per heavy atom. The maximum atomic E-state index is 10.6. The van der Waals surface area contributed by atoms with Gasteiger partial charge in [0, 0.05) is 44.2 Å². The molecule has 6 N–H and O–H groups in total. The SMILES string of the molecule is C1CCOC1.C1CCOC1.N#CCC(O)c1cccc(OCC2CCCCC2)c1.NCCC(O)c1cccc(OCC2CCCCC2)c1.O=Cc1cccc(O)c1.O=Cc1cccc(OCC2CCCCC2)c1.OCC1CCCCC1.[AlH3].[H-].[Li+]. The Bertz CT molecular complexity index is 2240. The fourth-order valence-electron chi connectivity index (χ4n) is 10.5. The molecule has 15 heteroatoms. The van der Waals surface area contributed by atoms with Gasteiger partial charge in [-0.1, -0.05) is 126 Å². The zero-order valence-corrected chi connectivity index (χ0v) is 49.8. The number of hydrogen-bond donors (Lipinski definition) is 5. The van der Waals surface area contributed by atoms with Crippen molar-refractivity contribution in [1.82, 2.24) is 0 Å². The van der Waals surface area contributed by atoms with E-state index >= 15 is 0 Å². The molecule has 6 fully saturated rings. The van der Waals surface area contributed by atoms with Crippen molar-refractivity contribution in [2.75, 3.05) is 59.4 Å². The number of carbonyl (C=O) groups excluding carboxylic acids is 2. The normalized spacial score (nSPS) is 17.6. The molecule has 0 spiro atoms. The van der Waals surface area contributed by atoms with E-state index in [1.165, 1.54) is 166 Å². The van der Waals surface area contributed by atoms with Crippen molar-refractivity contribution in [2.24, 2.45) is 29.4 Å². The molecule has 4 aliphatic carbocycles. The van der Waals surface area contributed by atoms with Gasteiger partial charge < -0.3 is 51.3 Å². The van der Waals surface area contributed by atoms with E-state index in [2.05, 4.69) is 0 Å². The maximum absolute atomic E-state index is 10.6. The molecule has 10 rings (SSSR count). The summed E-state index contributed by atoms with van der Waals surface area (Å²) in [7, 11) is 0. The number of nitriles is 1. The van der Waals surface area contributed by atoms with Crippen molar-refractivity contribution in [3.63, 3.8) is 0 Å². The summed E-state index contributed by atoms with van der Waals surface area (Å²) in [5, 5.41) is 45.8. The molecule has 2 saturated heterocycles. The average molecular weight is 1160 g/mol. The minimum Gasteiger partial charge on any atom is -1.00 e. The van der Waals surface area contributed by atoms with E-state index < -0.39 is 12.2 Å². The van der Waals surface area contributed by atoms with Crippen LogP contribution in [0.2, 0.25) is 0 Å². The van der Waals surface area contributed by atoms with Gasteiger partial charge in [0.25, 0.3) is 0 Å². The Kier molecular flexibility index (Phi) is 44.2. The van der Waals surface area contributed by atoms with Gasteiger partial charge >= 0.3 is 18.9 Å². The number of nitrogens with zero attached hydrogens (tertiary/aromatic N) is 1. The second kappa shape index (κ2) is 49.0. The number of hydrogen-bond acceptors (Lipinski definition) is 13. The quantitative estimate of drug-likeness (QED) is 0.0493. The zero-order valence-electron chi connectivity index (χ0n) is 50.8. The number of aldehydes is 2. The summed E-state index contributed by atoms with van der Waals surface area (Å²) in [5.41, 5.74) is 8.29. The summed E-state index contributed by atoms with van der Waals surface area (Å²) in [5.74, 6) is 5.30. The van der Waals surface area contributed by atoms with Crippen LogP contribution in [0.4, 0.5) is 0 Å². The molecule has 0 aromatic heterocycles. The molecular weight excluding hydrogens is 1050 g/mol. The summed E-state index contributed by atoms with van der Waals surface area (Å²) in [4.78, 5) is 20.7. The predicted octanol–water partition coefficient (Wildman–Crippen LogP) is 10.4. The van der Waals surface area contributed by atoms with Gasteiger partial charge in [0.15, 0.2) is 17.4 Å². The second-order valence-corrected chi connectivity index (χ2v) is 22.3. The predicted molar refractivity (Wildman–Crippen MR) is 333 cm³/mol. The van der Waals surface area contributed by atoms with Crippen LogP contribution in [0.25, 0.3) is 0 Å². The fourth-order valence-corrected chi connectivity index (χ4v) is 10.5. The third-order valence-corrected chi connectivity index (χ3v) is 15.5. The van der Waals surface area contributed by atoms with Crippen LogP contribution in [-0.2, 0) is 9.47 Å². The second-order valence-electron chi connectivity index (χ2n) is 22.3. The van der Waals surface area contributed by atoms with E-state index in [9.17, 15) is 19.8 Å². The van der Waals surface area contributed by atoms with Gasteiger partial charge in [-0.15, -0.1) is 0 Å². The molecule has 2 heterocycles. The van der Waals surface area contributed by atoms with Crippen LogP contribution in [0.3, 0.4) is 0 Å². The van der Waals surface area contributed by atoms with Gasteiger partial charge in [0.2, 0.25) is 0 Å². The van der Waals surface area contributed by atoms with Crippen molar-refractivity contribution in [2.45, 2.75) is 179 Å². The topological polar surface area (TPSA) is 211 Å². The molecule has 6 aliphatic rings. The number of carbonyl (C=O) groups is 2. The first-order valence-electron chi connectivity index (χ1n) is 30.8. The maximum Gasteiger partial charge on any atom is 1.00 e. The van der Waals surface area contributed by atoms with E-state index in [1.807, 2.05) is 66.7 Å². The third kappa shape index (κ3) is 35.1. The van der Waals surface area contributed by atoms with Crippen LogP contribution >= 0.6 is 0 Å². The number of phenols is 1. The Hall–Kier alpha value is -4.20. The van der Waals surface area contributed by atoms with Crippen molar-refractivity contribution >= 4 is 29.9 Å². The van der Waals surface area contributed by atoms with E-state index in [4.69, 9.17) is 44.9 Å². The van der Waals surface area contributed by atoms with E-state index in [1.54, 1.807) is 24.3 Å². The Labute approximate surface area is 522 Å². The van der Waals surface area contributed by atoms with Gasteiger partial charge in [0.05, 0.1) is 44.5 Å². The summed E-state index contributed by atoms with van der Waals surface area (Å²) in [6.07, 6.45) is 32.5. The molecule has 13 nitrogen and oxygen atoms in total. The minimum atomic E-state index is -0.719. The first-order valence-corrected chi connectivity index (χ1v) is 30.8. The minimum absolute atomic E-state index is 0. The van der Waals surface area contributed by atoms with Crippen molar-refractivity contribution in [3.05, 3.63) is 119 Å². The molecule has 0 bridgehead atoms. The van der Waals surface area contributed by atoms with Gasteiger partial charge in [0.1, 0.15) is 35.6 Å². The van der Waals surface area contributed by atoms with Crippen LogP contribution in [-0.4, -0.2) is 110 Å². The van der Waals surface area contributed by atoms with Crippen molar-refractivity contribution < 1.29 is 74.0 Å². The summed E-state index contributed by atoms with van der Waals surface area (Å²) < 4.78 is 27.3. The largest absolute Gasteiger partial charge is 1.00 e. The van der Waals surface area contributed by atoms with Crippen LogP contribution in [0.5, 0.6) is 23.0 Å². The van der Waals surface area contributed by atoms with Crippen LogP contribution < -0.4 is 38.8 Å². The zero-order chi connectivity index (χ0) is 57.8. The van der Waals surface area contributed by atoms with Crippen molar-refractivity contribution in [3.8, 4) is 29.1 Å². The number of benzene rings is 4. The number of rotatable bonds is 17. The summed E-state index contributed by atoms with van der Waals surface area (Å²) in [6, 6.07) is 30.7. The number of aliphatic hydroxyl groups excluding tert-OH is 3. The van der Waals surface area contributed by atoms with Gasteiger partial charge in [-0.25, -0.2) is 0 Å². The summed E-state index contributed by atoms with van der Waals surface area (Å²) >= 11 is 0. The molecule has 4 aromatic rings. The Morgan fingerprint density at radius 3 is 1.22 bits per heavy atom. The van der Waals surface area contributed by atoms with Crippen LogP contribution in [0, 0.1) is 35.0 Å². The Morgan fingerprint density at radius 2 is 0.892 bits per heavy atom. The van der Waals surface area contributed by atoms with Crippen molar-refractivity contribution in [1.29, 1.82) is 5.26 Å². The van der Waals surface area contributed by atoms with Gasteiger partial charge in [-0.3, -0.25) is 9.59 Å². The van der Waals surface area contributed by atoms with Crippen LogP contribution in [0.15, 0.2) is 97.1 Å². The van der Waals surface area contributed by atoms with Gasteiger partial charge in [-0.05, 0) is 173 Å². The molecule has 2 atom stereocenters. The molecule has 83 heavy (non-hydrogen) atoms. The molecular formula is C68H104AlLiN2O11. The smallest absolute Gasteiger partial charge is 1.00 e. The number of nitrogens with two attached hydrogens (primary N) is 1. The number of aromatic hydroxyl groups is 1. The molecule has 4 aromatic carbocycles. The van der Waals surface area contributed by atoms with E-state index in [-0.39, 0.29) is 49.8 Å². The standard InChI is InChI=1S/C16H25NO2.C16H21NO2.C14H18O2.C7H6O2.C7H14O.2C4H8O.Al.Li.4H/c2*17-10-9-16(18)14-7-4-8-15(11-14)19-12-13-5-2-1-3-6-13;15-10-13-7-4-8-14(9-13)16-11-12-5-2-1-3-6-12;8-5-6-2-1-3-7(9)4-6;8-6-7-4-2-1-3-5-7;2*1-2-4-5-3-1;;;;;;/h4,7-8,11,13,16,18H,1-3,5-6,9-10,12,17H2;4,7-8,11,13,16,18H,1-3,5-6,9,12H2;4,7-10,12H,1-3,5-6,11H2;1-5,9H;7-8H,1-6H2;2*1-4H2;;;;;;/q;;;;;;;;+1;;;;-1. The monoisotopic (exact) mass is 1160 g/mol. The average Bonchev–Trinajstić information content (AvgIpc) is 4.40. The van der Waals surface area contributed by atoms with E-state index in [0.717, 1.165) is 80.9 Å². The summed E-state index contributed by atoms with van der Waals surface area (Å²) in [6.45, 7) is 7.27. The number of phenolic OH excluding ortho intramolecular Hbond substituents is 1. The third-order valence-electron chi connectivity index (χ3n) is 15.5. The molecule has 2 unspecified atom stereocenters. The fraction of sp³-hybridized carbons (Fsp3) is 0.603. The van der Waals surface area contributed by atoms with Gasteiger partial charge in [-0.2, -0.15) is 5.26 Å². The number of ether oxygens (including phenoxy) is 5. The molecule has 4 saturated carbocycles. The molecule has 0 amide bonds. The Balaban J connectivity index is 0.000000511. The molecule has 0 radical (unpaired) electrons. The van der Waals surface area contributed by atoms with E-state index in [0.29, 0.717) is 60.7 Å². The first kappa shape index (κ1) is 74.9. The molecule has 456 valence electrons. The molecule has 2 aliphatic heterocycles. The first-order chi connectivity index (χ1) is 39.7.